The average Bonchev–Trinajstić information content (AvgIpc) is 3.24. The molecule has 1 fully saturated rings. The van der Waals surface area contributed by atoms with Gasteiger partial charge >= 0.3 is 0 Å². The molecule has 1 saturated carbocycles. The van der Waals surface area contributed by atoms with Crippen molar-refractivity contribution in [2.24, 2.45) is 7.05 Å². The minimum absolute atomic E-state index is 0.0385. The molecule has 1 aromatic carbocycles. The summed E-state index contributed by atoms with van der Waals surface area (Å²) in [5.41, 5.74) is 3.53. The molecule has 2 aromatic rings. The average molecular weight is 359 g/mol. The van der Waals surface area contributed by atoms with Gasteiger partial charge in [-0.3, -0.25) is 9.48 Å². The highest BCUT2D eigenvalue weighted by atomic mass is 19.3. The first-order valence-corrected chi connectivity index (χ1v) is 9.16. The maximum atomic E-state index is 13.3. The van der Waals surface area contributed by atoms with Crippen LogP contribution in [0.25, 0.3) is 0 Å². The lowest BCUT2D eigenvalue weighted by Gasteiger charge is -2.26. The zero-order valence-corrected chi connectivity index (χ0v) is 15.1. The SMILES string of the molecule is Cc1ccc2c(c1)CCC2CN(C(=O)c1cn(C)nc1C(F)F)C1CC1. The van der Waals surface area contributed by atoms with E-state index in [1.807, 2.05) is 4.90 Å². The number of carbonyl (C=O) groups is 1. The number of hydrogen-bond donors (Lipinski definition) is 0. The second-order valence-corrected chi connectivity index (χ2v) is 7.53. The third-order valence-corrected chi connectivity index (χ3v) is 5.46. The summed E-state index contributed by atoms with van der Waals surface area (Å²) in [5, 5.41) is 3.79. The van der Waals surface area contributed by atoms with Crippen LogP contribution >= 0.6 is 0 Å². The number of aryl methyl sites for hydroxylation is 3. The largest absolute Gasteiger partial charge is 0.335 e. The van der Waals surface area contributed by atoms with Crippen molar-refractivity contribution in [1.29, 1.82) is 0 Å². The summed E-state index contributed by atoms with van der Waals surface area (Å²) < 4.78 is 27.8. The summed E-state index contributed by atoms with van der Waals surface area (Å²) in [7, 11) is 1.57. The Hall–Kier alpha value is -2.24. The van der Waals surface area contributed by atoms with Gasteiger partial charge in [0.15, 0.2) is 0 Å². The normalized spacial score (nSPS) is 19.0. The Kier molecular flexibility index (Phi) is 4.29. The fourth-order valence-electron chi connectivity index (χ4n) is 4.03. The van der Waals surface area contributed by atoms with Crippen LogP contribution in [-0.2, 0) is 13.5 Å². The van der Waals surface area contributed by atoms with E-state index in [0.717, 1.165) is 25.7 Å². The van der Waals surface area contributed by atoms with Crippen molar-refractivity contribution < 1.29 is 13.6 Å². The van der Waals surface area contributed by atoms with Gasteiger partial charge in [0.25, 0.3) is 12.3 Å². The maximum Gasteiger partial charge on any atom is 0.282 e. The number of alkyl halides is 2. The molecule has 1 atom stereocenters. The Labute approximate surface area is 151 Å². The summed E-state index contributed by atoms with van der Waals surface area (Å²) in [6, 6.07) is 6.65. The molecule has 1 amide bonds. The first kappa shape index (κ1) is 17.2. The maximum absolute atomic E-state index is 13.3. The second-order valence-electron chi connectivity index (χ2n) is 7.53. The minimum Gasteiger partial charge on any atom is -0.335 e. The zero-order valence-electron chi connectivity index (χ0n) is 15.1. The predicted octanol–water partition coefficient (Wildman–Crippen LogP) is 4.00. The van der Waals surface area contributed by atoms with Crippen molar-refractivity contribution in [2.75, 3.05) is 6.54 Å². The molecule has 0 spiro atoms. The number of rotatable bonds is 5. The molecule has 1 aromatic heterocycles. The van der Waals surface area contributed by atoms with Gasteiger partial charge < -0.3 is 4.90 Å². The van der Waals surface area contributed by atoms with Gasteiger partial charge in [-0.25, -0.2) is 8.78 Å². The monoisotopic (exact) mass is 359 g/mol. The number of fused-ring (bicyclic) bond motifs is 1. The van der Waals surface area contributed by atoms with Crippen LogP contribution in [0.2, 0.25) is 0 Å². The van der Waals surface area contributed by atoms with Gasteiger partial charge in [-0.1, -0.05) is 23.8 Å². The van der Waals surface area contributed by atoms with Crippen molar-refractivity contribution in [3.63, 3.8) is 0 Å². The van der Waals surface area contributed by atoms with E-state index < -0.39 is 12.1 Å². The van der Waals surface area contributed by atoms with Gasteiger partial charge in [0.1, 0.15) is 5.69 Å². The minimum atomic E-state index is -2.74. The second kappa shape index (κ2) is 6.49. The van der Waals surface area contributed by atoms with Gasteiger partial charge in [0, 0.05) is 31.7 Å². The number of carbonyl (C=O) groups excluding carboxylic acids is 1. The van der Waals surface area contributed by atoms with Crippen LogP contribution < -0.4 is 0 Å². The van der Waals surface area contributed by atoms with Crippen LogP contribution in [0.15, 0.2) is 24.4 Å². The van der Waals surface area contributed by atoms with Gasteiger partial charge in [-0.05, 0) is 43.7 Å². The highest BCUT2D eigenvalue weighted by Gasteiger charge is 2.38. The van der Waals surface area contributed by atoms with E-state index in [0.29, 0.717) is 6.54 Å². The molecule has 2 aliphatic carbocycles. The van der Waals surface area contributed by atoms with Crippen molar-refractivity contribution in [3.8, 4) is 0 Å². The van der Waals surface area contributed by atoms with Crippen LogP contribution in [0.3, 0.4) is 0 Å². The number of amides is 1. The lowest BCUT2D eigenvalue weighted by atomic mass is 9.99. The molecule has 1 heterocycles. The Morgan fingerprint density at radius 2 is 2.12 bits per heavy atom. The van der Waals surface area contributed by atoms with E-state index in [9.17, 15) is 13.6 Å². The fraction of sp³-hybridized carbons (Fsp3) is 0.500. The van der Waals surface area contributed by atoms with Gasteiger partial charge in [-0.2, -0.15) is 5.10 Å². The number of halogens is 2. The van der Waals surface area contributed by atoms with Gasteiger partial charge in [0.2, 0.25) is 0 Å². The van der Waals surface area contributed by atoms with E-state index >= 15 is 0 Å². The summed E-state index contributed by atoms with van der Waals surface area (Å²) >= 11 is 0. The van der Waals surface area contributed by atoms with Crippen LogP contribution in [0.4, 0.5) is 8.78 Å². The Morgan fingerprint density at radius 3 is 2.81 bits per heavy atom. The lowest BCUT2D eigenvalue weighted by molar-refractivity contribution is 0.0719. The van der Waals surface area contributed by atoms with Crippen molar-refractivity contribution in [1.82, 2.24) is 14.7 Å². The summed E-state index contributed by atoms with van der Waals surface area (Å²) in [6.07, 6.45) is 2.59. The topological polar surface area (TPSA) is 38.1 Å². The molecular formula is C20H23F2N3O. The number of aromatic nitrogens is 2. The number of nitrogens with zero attached hydrogens (tertiary/aromatic N) is 3. The zero-order chi connectivity index (χ0) is 18.4. The molecule has 1 unspecified atom stereocenters. The lowest BCUT2D eigenvalue weighted by Crippen LogP contribution is -2.36. The Bertz CT molecular complexity index is 842. The van der Waals surface area contributed by atoms with E-state index in [1.165, 1.54) is 27.6 Å². The molecule has 0 bridgehead atoms. The van der Waals surface area contributed by atoms with Crippen molar-refractivity contribution in [2.45, 2.75) is 51.0 Å². The molecule has 2 aliphatic rings. The Balaban J connectivity index is 1.59. The molecule has 0 radical (unpaired) electrons. The molecule has 4 nitrogen and oxygen atoms in total. The van der Waals surface area contributed by atoms with Crippen molar-refractivity contribution >= 4 is 5.91 Å². The van der Waals surface area contributed by atoms with Crippen LogP contribution in [0.1, 0.15) is 64.3 Å². The molecule has 26 heavy (non-hydrogen) atoms. The standard InChI is InChI=1S/C20H23F2N3O/c1-12-3-8-16-13(9-12)4-5-14(16)10-25(15-6-7-15)20(26)17-11-24(2)23-18(17)19(21)22/h3,8-9,11,14-15,19H,4-7,10H2,1-2H3. The van der Waals surface area contributed by atoms with E-state index in [-0.39, 0.29) is 23.4 Å². The smallest absolute Gasteiger partial charge is 0.282 e. The summed E-state index contributed by atoms with van der Waals surface area (Å²) in [6.45, 7) is 2.68. The van der Waals surface area contributed by atoms with Gasteiger partial charge in [-0.15, -0.1) is 0 Å². The van der Waals surface area contributed by atoms with E-state index in [1.54, 1.807) is 7.05 Å². The fourth-order valence-corrected chi connectivity index (χ4v) is 4.03. The molecular weight excluding hydrogens is 336 g/mol. The van der Waals surface area contributed by atoms with E-state index in [2.05, 4.69) is 30.2 Å². The molecule has 0 saturated heterocycles. The van der Waals surface area contributed by atoms with Gasteiger partial charge in [0.05, 0.1) is 5.56 Å². The van der Waals surface area contributed by atoms with Crippen molar-refractivity contribution in [3.05, 3.63) is 52.3 Å². The first-order chi connectivity index (χ1) is 12.4. The molecule has 6 heteroatoms. The van der Waals surface area contributed by atoms with Crippen LogP contribution in [0.5, 0.6) is 0 Å². The quantitative estimate of drug-likeness (QED) is 0.809. The van der Waals surface area contributed by atoms with Crippen LogP contribution in [-0.4, -0.2) is 33.2 Å². The third kappa shape index (κ3) is 3.13. The molecule has 138 valence electrons. The molecule has 0 aliphatic heterocycles. The highest BCUT2D eigenvalue weighted by Crippen LogP contribution is 2.38. The summed E-state index contributed by atoms with van der Waals surface area (Å²) in [5.74, 6) is -0.0294. The highest BCUT2D eigenvalue weighted by molar-refractivity contribution is 5.95. The Morgan fingerprint density at radius 1 is 1.35 bits per heavy atom. The third-order valence-electron chi connectivity index (χ3n) is 5.46. The van der Waals surface area contributed by atoms with E-state index in [4.69, 9.17) is 0 Å². The number of hydrogen-bond acceptors (Lipinski definition) is 2. The number of benzene rings is 1. The first-order valence-electron chi connectivity index (χ1n) is 9.16. The molecule has 0 N–H and O–H groups in total. The summed E-state index contributed by atoms with van der Waals surface area (Å²) in [4.78, 5) is 14.9. The predicted molar refractivity (Wildman–Crippen MR) is 94.5 cm³/mol. The molecule has 4 rings (SSSR count). The van der Waals surface area contributed by atoms with Crippen LogP contribution in [0, 0.1) is 6.92 Å².